The predicted molar refractivity (Wildman–Crippen MR) is 126 cm³/mol. The van der Waals surface area contributed by atoms with Crippen LogP contribution in [0.3, 0.4) is 0 Å². The molecule has 1 aromatic carbocycles. The van der Waals surface area contributed by atoms with Gasteiger partial charge in [-0.3, -0.25) is 14.9 Å². The van der Waals surface area contributed by atoms with Gasteiger partial charge in [-0.1, -0.05) is 11.3 Å². The van der Waals surface area contributed by atoms with E-state index in [2.05, 4.69) is 25.5 Å². The third kappa shape index (κ3) is 5.49. The van der Waals surface area contributed by atoms with Crippen LogP contribution < -0.4 is 25.0 Å². The molecule has 2 aromatic heterocycles. The highest BCUT2D eigenvalue weighted by Crippen LogP contribution is 2.39. The van der Waals surface area contributed by atoms with Crippen LogP contribution >= 0.6 is 11.3 Å². The van der Waals surface area contributed by atoms with Crippen LogP contribution in [-0.4, -0.2) is 68.3 Å². The SMILES string of the molecule is COc1ccc(N2CCOCC2)c2sc(NC(=O)c3ccnc(OCCNC(C)=O)c3)nc12. The number of thiazole rings is 1. The van der Waals surface area contributed by atoms with Gasteiger partial charge in [-0.25, -0.2) is 9.97 Å². The molecule has 3 heterocycles. The highest BCUT2D eigenvalue weighted by atomic mass is 32.1. The Morgan fingerprint density at radius 3 is 2.82 bits per heavy atom. The summed E-state index contributed by atoms with van der Waals surface area (Å²) in [4.78, 5) is 34.8. The van der Waals surface area contributed by atoms with E-state index in [9.17, 15) is 9.59 Å². The average molecular weight is 472 g/mol. The number of ether oxygens (including phenoxy) is 3. The maximum absolute atomic E-state index is 12.9. The van der Waals surface area contributed by atoms with E-state index < -0.39 is 0 Å². The van der Waals surface area contributed by atoms with E-state index >= 15 is 0 Å². The van der Waals surface area contributed by atoms with Gasteiger partial charge in [0.15, 0.2) is 5.13 Å². The Balaban J connectivity index is 1.51. The zero-order valence-corrected chi connectivity index (χ0v) is 19.2. The Morgan fingerprint density at radius 1 is 1.24 bits per heavy atom. The normalized spacial score (nSPS) is 13.6. The van der Waals surface area contributed by atoms with Crippen molar-refractivity contribution in [3.63, 3.8) is 0 Å². The van der Waals surface area contributed by atoms with Crippen LogP contribution in [-0.2, 0) is 9.53 Å². The number of nitrogens with zero attached hydrogens (tertiary/aromatic N) is 3. The highest BCUT2D eigenvalue weighted by molar-refractivity contribution is 7.23. The molecule has 33 heavy (non-hydrogen) atoms. The fourth-order valence-electron chi connectivity index (χ4n) is 3.42. The molecule has 0 spiro atoms. The monoisotopic (exact) mass is 471 g/mol. The van der Waals surface area contributed by atoms with Gasteiger partial charge >= 0.3 is 0 Å². The van der Waals surface area contributed by atoms with Crippen LogP contribution in [0.5, 0.6) is 11.6 Å². The van der Waals surface area contributed by atoms with E-state index in [0.717, 1.165) is 23.5 Å². The molecule has 0 aliphatic carbocycles. The first-order valence-electron chi connectivity index (χ1n) is 10.5. The van der Waals surface area contributed by atoms with E-state index in [-0.39, 0.29) is 18.4 Å². The smallest absolute Gasteiger partial charge is 0.257 e. The van der Waals surface area contributed by atoms with Crippen molar-refractivity contribution in [3.05, 3.63) is 36.0 Å². The van der Waals surface area contributed by atoms with Crippen molar-refractivity contribution < 1.29 is 23.8 Å². The summed E-state index contributed by atoms with van der Waals surface area (Å²) < 4.78 is 17.4. The average Bonchev–Trinajstić information content (AvgIpc) is 3.25. The zero-order valence-electron chi connectivity index (χ0n) is 18.4. The maximum atomic E-state index is 12.9. The number of rotatable bonds is 8. The lowest BCUT2D eigenvalue weighted by Gasteiger charge is -2.29. The molecule has 0 radical (unpaired) electrons. The Morgan fingerprint density at radius 2 is 2.06 bits per heavy atom. The molecular weight excluding hydrogens is 446 g/mol. The Hall–Kier alpha value is -3.44. The number of aromatic nitrogens is 2. The van der Waals surface area contributed by atoms with Gasteiger partial charge in [-0.2, -0.15) is 0 Å². The molecule has 2 N–H and O–H groups in total. The van der Waals surface area contributed by atoms with Crippen LogP contribution in [0.1, 0.15) is 17.3 Å². The second kappa shape index (κ2) is 10.5. The van der Waals surface area contributed by atoms with Crippen molar-refractivity contribution >= 4 is 44.2 Å². The van der Waals surface area contributed by atoms with Crippen molar-refractivity contribution in [1.29, 1.82) is 0 Å². The Bertz CT molecular complexity index is 1150. The number of carbonyl (C=O) groups excluding carboxylic acids is 2. The molecule has 174 valence electrons. The fraction of sp³-hybridized carbons (Fsp3) is 0.364. The molecular formula is C22H25N5O5S. The lowest BCUT2D eigenvalue weighted by Crippen LogP contribution is -2.36. The van der Waals surface area contributed by atoms with E-state index in [1.807, 2.05) is 12.1 Å². The first kappa shape index (κ1) is 22.7. The topological polar surface area (TPSA) is 115 Å². The summed E-state index contributed by atoms with van der Waals surface area (Å²) in [6.07, 6.45) is 1.50. The lowest BCUT2D eigenvalue weighted by molar-refractivity contribution is -0.119. The summed E-state index contributed by atoms with van der Waals surface area (Å²) in [7, 11) is 1.60. The molecule has 0 unspecified atom stereocenters. The molecule has 1 aliphatic heterocycles. The van der Waals surface area contributed by atoms with Gasteiger partial charge in [0.05, 0.1) is 37.3 Å². The molecule has 0 bridgehead atoms. The predicted octanol–water partition coefficient (Wildman–Crippen LogP) is 2.30. The molecule has 2 amide bonds. The van der Waals surface area contributed by atoms with Gasteiger partial charge in [-0.15, -0.1) is 0 Å². The summed E-state index contributed by atoms with van der Waals surface area (Å²) >= 11 is 1.40. The van der Waals surface area contributed by atoms with E-state index in [0.29, 0.717) is 47.6 Å². The van der Waals surface area contributed by atoms with Crippen molar-refractivity contribution in [2.45, 2.75) is 6.92 Å². The molecule has 0 atom stereocenters. The largest absolute Gasteiger partial charge is 0.494 e. The van der Waals surface area contributed by atoms with Crippen LogP contribution in [0.25, 0.3) is 10.2 Å². The number of amides is 2. The highest BCUT2D eigenvalue weighted by Gasteiger charge is 2.20. The van der Waals surface area contributed by atoms with Crippen molar-refractivity contribution in [1.82, 2.24) is 15.3 Å². The molecule has 4 rings (SSSR count). The van der Waals surface area contributed by atoms with Crippen LogP contribution in [0.15, 0.2) is 30.5 Å². The quantitative estimate of drug-likeness (QED) is 0.481. The first-order valence-corrected chi connectivity index (χ1v) is 11.3. The number of carbonyl (C=O) groups is 2. The summed E-state index contributed by atoms with van der Waals surface area (Å²) in [6, 6.07) is 7.06. The number of pyridine rings is 1. The third-order valence-electron chi connectivity index (χ3n) is 5.00. The van der Waals surface area contributed by atoms with E-state index in [4.69, 9.17) is 14.2 Å². The number of nitrogens with one attached hydrogen (secondary N) is 2. The van der Waals surface area contributed by atoms with Gasteiger partial charge in [0.25, 0.3) is 5.91 Å². The number of fused-ring (bicyclic) bond motifs is 1. The van der Waals surface area contributed by atoms with Crippen molar-refractivity contribution in [2.24, 2.45) is 0 Å². The maximum Gasteiger partial charge on any atom is 0.257 e. The molecule has 1 fully saturated rings. The number of morpholine rings is 1. The second-order valence-electron chi connectivity index (χ2n) is 7.25. The zero-order chi connectivity index (χ0) is 23.2. The van der Waals surface area contributed by atoms with E-state index in [1.165, 1.54) is 24.5 Å². The lowest BCUT2D eigenvalue weighted by atomic mass is 10.2. The van der Waals surface area contributed by atoms with E-state index in [1.54, 1.807) is 19.2 Å². The number of hydrogen-bond donors (Lipinski definition) is 2. The summed E-state index contributed by atoms with van der Waals surface area (Å²) in [5.41, 5.74) is 2.14. The summed E-state index contributed by atoms with van der Waals surface area (Å²) in [5.74, 6) is 0.491. The van der Waals surface area contributed by atoms with Crippen molar-refractivity contribution in [2.75, 3.05) is 56.8 Å². The van der Waals surface area contributed by atoms with Gasteiger partial charge in [-0.05, 0) is 18.2 Å². The molecule has 1 saturated heterocycles. The van der Waals surface area contributed by atoms with Crippen molar-refractivity contribution in [3.8, 4) is 11.6 Å². The van der Waals surface area contributed by atoms with Crippen LogP contribution in [0, 0.1) is 0 Å². The summed E-state index contributed by atoms with van der Waals surface area (Å²) in [6.45, 7) is 4.97. The minimum Gasteiger partial charge on any atom is -0.494 e. The second-order valence-corrected chi connectivity index (χ2v) is 8.25. The fourth-order valence-corrected chi connectivity index (χ4v) is 4.44. The minimum absolute atomic E-state index is 0.135. The first-order chi connectivity index (χ1) is 16.0. The molecule has 1 aliphatic rings. The minimum atomic E-state index is -0.324. The van der Waals surface area contributed by atoms with Crippen LogP contribution in [0.2, 0.25) is 0 Å². The number of benzene rings is 1. The Labute approximate surface area is 194 Å². The molecule has 11 heteroatoms. The molecule has 10 nitrogen and oxygen atoms in total. The number of hydrogen-bond acceptors (Lipinski definition) is 9. The summed E-state index contributed by atoms with van der Waals surface area (Å²) in [5, 5.41) is 5.98. The van der Waals surface area contributed by atoms with Gasteiger partial charge < -0.3 is 24.4 Å². The number of anilines is 2. The van der Waals surface area contributed by atoms with Gasteiger partial charge in [0.2, 0.25) is 11.8 Å². The molecule has 0 saturated carbocycles. The van der Waals surface area contributed by atoms with Gasteiger partial charge in [0.1, 0.15) is 17.9 Å². The number of methoxy groups -OCH3 is 1. The molecule has 3 aromatic rings. The Kier molecular flexibility index (Phi) is 7.20. The van der Waals surface area contributed by atoms with Gasteiger partial charge in [0, 0.05) is 37.8 Å². The third-order valence-corrected chi connectivity index (χ3v) is 5.99. The standard InChI is InChI=1S/C22H25N5O5S/c1-14(28)23-7-10-32-18-13-15(5-6-24-18)21(29)26-22-25-19-17(30-2)4-3-16(20(19)33-22)27-8-11-31-12-9-27/h3-6,13H,7-12H2,1-2H3,(H,23,28)(H,25,26,29). The van der Waals surface area contributed by atoms with Crippen LogP contribution in [0.4, 0.5) is 10.8 Å².